The van der Waals surface area contributed by atoms with E-state index in [1.54, 1.807) is 17.8 Å². The average molecular weight is 326 g/mol. The first-order chi connectivity index (χ1) is 10.4. The van der Waals surface area contributed by atoms with Gasteiger partial charge in [-0.2, -0.15) is 13.2 Å². The second kappa shape index (κ2) is 5.62. The lowest BCUT2D eigenvalue weighted by molar-refractivity contribution is -0.660. The number of halogens is 4. The van der Waals surface area contributed by atoms with Crippen molar-refractivity contribution in [3.63, 3.8) is 0 Å². The summed E-state index contributed by atoms with van der Waals surface area (Å²) in [7, 11) is 1.75. The largest absolute Gasteiger partial charge is 0.416 e. The predicted octanol–water partition coefficient (Wildman–Crippen LogP) is 4.94. The minimum atomic E-state index is -4.56. The van der Waals surface area contributed by atoms with Gasteiger partial charge in [0.1, 0.15) is 12.9 Å². The summed E-state index contributed by atoms with van der Waals surface area (Å²) in [5.74, 6) is -0.862. The normalized spacial score (nSPS) is 12.6. The summed E-state index contributed by atoms with van der Waals surface area (Å²) in [6, 6.07) is 5.31. The number of alkyl halides is 3. The summed E-state index contributed by atoms with van der Waals surface area (Å²) in [6.07, 6.45) is -2.76. The molecule has 0 radical (unpaired) electrons. The maximum Gasteiger partial charge on any atom is 0.416 e. The first-order valence-electron chi connectivity index (χ1n) is 7.29. The van der Waals surface area contributed by atoms with Gasteiger partial charge in [0.25, 0.3) is 0 Å². The van der Waals surface area contributed by atoms with E-state index in [-0.39, 0.29) is 16.5 Å². The highest BCUT2D eigenvalue weighted by Crippen LogP contribution is 2.35. The van der Waals surface area contributed by atoms with Crippen molar-refractivity contribution in [2.75, 3.05) is 0 Å². The highest BCUT2D eigenvalue weighted by Gasteiger charge is 2.33. The highest BCUT2D eigenvalue weighted by atomic mass is 19.4. The van der Waals surface area contributed by atoms with Crippen molar-refractivity contribution in [1.82, 2.24) is 0 Å². The summed E-state index contributed by atoms with van der Waals surface area (Å²) >= 11 is 0. The second-order valence-electron chi connectivity index (χ2n) is 6.81. The Morgan fingerprint density at radius 2 is 1.57 bits per heavy atom. The number of aryl methyl sites for hydroxylation is 2. The Labute approximate surface area is 133 Å². The molecule has 1 nitrogen and oxygen atoms in total. The van der Waals surface area contributed by atoms with E-state index in [4.69, 9.17) is 0 Å². The van der Waals surface area contributed by atoms with Crippen molar-refractivity contribution in [3.8, 4) is 11.3 Å². The van der Waals surface area contributed by atoms with Gasteiger partial charge >= 0.3 is 6.18 Å². The van der Waals surface area contributed by atoms with Crippen LogP contribution in [-0.2, 0) is 18.6 Å². The Kier molecular flexibility index (Phi) is 4.26. The van der Waals surface area contributed by atoms with Crippen molar-refractivity contribution in [3.05, 3.63) is 53.0 Å². The second-order valence-corrected chi connectivity index (χ2v) is 6.81. The number of pyridine rings is 1. The summed E-state index contributed by atoms with van der Waals surface area (Å²) in [6.45, 7) is 7.59. The van der Waals surface area contributed by atoms with Crippen LogP contribution in [0.3, 0.4) is 0 Å². The summed E-state index contributed by atoms with van der Waals surface area (Å²) < 4.78 is 54.6. The van der Waals surface area contributed by atoms with Crippen LogP contribution in [0.5, 0.6) is 0 Å². The smallest absolute Gasteiger partial charge is 0.206 e. The lowest BCUT2D eigenvalue weighted by atomic mass is 9.86. The summed E-state index contributed by atoms with van der Waals surface area (Å²) in [4.78, 5) is 0. The lowest BCUT2D eigenvalue weighted by Crippen LogP contribution is -2.32. The molecule has 5 heteroatoms. The van der Waals surface area contributed by atoms with Crippen LogP contribution < -0.4 is 4.57 Å². The Hall–Kier alpha value is -1.91. The first-order valence-corrected chi connectivity index (χ1v) is 7.29. The fourth-order valence-electron chi connectivity index (χ4n) is 2.52. The molecule has 0 fully saturated rings. The summed E-state index contributed by atoms with van der Waals surface area (Å²) in [5, 5.41) is 0. The number of hydrogen-bond acceptors (Lipinski definition) is 0. The molecule has 124 valence electrons. The Morgan fingerprint density at radius 3 is 2.04 bits per heavy atom. The molecule has 0 aliphatic carbocycles. The standard InChI is InChI=1S/C18H20F4N/c1-11-8-13(18(20,21)22)9-14(19)16(11)15-10-12(17(2,3)4)6-7-23(15)5/h6-10H,1-5H3/q+1. The van der Waals surface area contributed by atoms with Crippen LogP contribution >= 0.6 is 0 Å². The third-order valence-electron chi connectivity index (χ3n) is 3.89. The van der Waals surface area contributed by atoms with E-state index in [2.05, 4.69) is 0 Å². The van der Waals surface area contributed by atoms with Gasteiger partial charge in [-0.15, -0.1) is 0 Å². The van der Waals surface area contributed by atoms with E-state index in [1.807, 2.05) is 32.9 Å². The van der Waals surface area contributed by atoms with Gasteiger partial charge in [-0.3, -0.25) is 0 Å². The van der Waals surface area contributed by atoms with Gasteiger partial charge < -0.3 is 0 Å². The molecule has 0 aliphatic rings. The van der Waals surface area contributed by atoms with E-state index in [0.717, 1.165) is 11.6 Å². The molecule has 0 saturated carbocycles. The van der Waals surface area contributed by atoms with E-state index < -0.39 is 17.6 Å². The molecule has 0 spiro atoms. The topological polar surface area (TPSA) is 3.88 Å². The molecular weight excluding hydrogens is 306 g/mol. The first kappa shape index (κ1) is 17.4. The molecule has 0 unspecified atom stereocenters. The van der Waals surface area contributed by atoms with Crippen LogP contribution in [0, 0.1) is 12.7 Å². The maximum atomic E-state index is 14.4. The Bertz CT molecular complexity index is 717. The van der Waals surface area contributed by atoms with Crippen molar-refractivity contribution < 1.29 is 22.1 Å². The van der Waals surface area contributed by atoms with Crippen molar-refractivity contribution in [1.29, 1.82) is 0 Å². The van der Waals surface area contributed by atoms with Gasteiger partial charge in [-0.05, 0) is 35.6 Å². The third kappa shape index (κ3) is 3.54. The monoisotopic (exact) mass is 326 g/mol. The van der Waals surface area contributed by atoms with Crippen LogP contribution in [-0.4, -0.2) is 0 Å². The zero-order valence-corrected chi connectivity index (χ0v) is 13.8. The van der Waals surface area contributed by atoms with Gasteiger partial charge in [0, 0.05) is 12.1 Å². The molecule has 0 atom stereocenters. The van der Waals surface area contributed by atoms with Crippen molar-refractivity contribution in [2.24, 2.45) is 7.05 Å². The minimum absolute atomic E-state index is 0.140. The quantitative estimate of drug-likeness (QED) is 0.516. The van der Waals surface area contributed by atoms with Crippen LogP contribution in [0.25, 0.3) is 11.3 Å². The molecule has 0 aliphatic heterocycles. The summed E-state index contributed by atoms with van der Waals surface area (Å²) in [5.41, 5.74) is 0.904. The molecule has 0 N–H and O–H groups in total. The molecule has 2 rings (SSSR count). The molecule has 2 aromatic rings. The molecule has 0 bridgehead atoms. The van der Waals surface area contributed by atoms with Crippen LogP contribution in [0.4, 0.5) is 17.6 Å². The van der Waals surface area contributed by atoms with Crippen molar-refractivity contribution >= 4 is 0 Å². The molecule has 1 aromatic heterocycles. The number of benzene rings is 1. The van der Waals surface area contributed by atoms with Gasteiger partial charge in [-0.1, -0.05) is 20.8 Å². The van der Waals surface area contributed by atoms with E-state index in [9.17, 15) is 17.6 Å². The minimum Gasteiger partial charge on any atom is -0.206 e. The van der Waals surface area contributed by atoms with Gasteiger partial charge in [0.2, 0.25) is 5.69 Å². The number of aromatic nitrogens is 1. The fourth-order valence-corrected chi connectivity index (χ4v) is 2.52. The van der Waals surface area contributed by atoms with Crippen LogP contribution in [0.15, 0.2) is 30.5 Å². The molecule has 0 amide bonds. The Balaban J connectivity index is 2.68. The molecular formula is C18H20F4N+. The molecule has 0 saturated heterocycles. The lowest BCUT2D eigenvalue weighted by Gasteiger charge is -2.19. The zero-order valence-electron chi connectivity index (χ0n) is 13.8. The third-order valence-corrected chi connectivity index (χ3v) is 3.89. The number of nitrogens with zero attached hydrogens (tertiary/aromatic N) is 1. The van der Waals surface area contributed by atoms with Crippen LogP contribution in [0.1, 0.15) is 37.5 Å². The highest BCUT2D eigenvalue weighted by molar-refractivity contribution is 5.63. The number of hydrogen-bond donors (Lipinski definition) is 0. The molecule has 1 aromatic carbocycles. The number of rotatable bonds is 1. The molecule has 23 heavy (non-hydrogen) atoms. The maximum absolute atomic E-state index is 14.4. The van der Waals surface area contributed by atoms with Crippen molar-refractivity contribution in [2.45, 2.75) is 39.3 Å². The van der Waals surface area contributed by atoms with Gasteiger partial charge in [-0.25, -0.2) is 8.96 Å². The molecule has 1 heterocycles. The Morgan fingerprint density at radius 1 is 0.957 bits per heavy atom. The predicted molar refractivity (Wildman–Crippen MR) is 81.5 cm³/mol. The SMILES string of the molecule is Cc1cc(C(F)(F)F)cc(F)c1-c1cc(C(C)(C)C)cc[n+]1C. The van der Waals surface area contributed by atoms with Gasteiger partial charge in [0.05, 0.1) is 11.1 Å². The fraction of sp³-hybridized carbons (Fsp3) is 0.389. The van der Waals surface area contributed by atoms with E-state index >= 15 is 0 Å². The van der Waals surface area contributed by atoms with Crippen LogP contribution in [0.2, 0.25) is 0 Å². The van der Waals surface area contributed by atoms with E-state index in [1.165, 1.54) is 6.92 Å². The zero-order chi connectivity index (χ0) is 17.6. The van der Waals surface area contributed by atoms with Gasteiger partial charge in [0.15, 0.2) is 6.20 Å². The average Bonchev–Trinajstić information content (AvgIpc) is 2.37. The van der Waals surface area contributed by atoms with E-state index in [0.29, 0.717) is 11.8 Å².